The number of ketones is 6. The molecule has 8 heterocycles. The van der Waals surface area contributed by atoms with Crippen LogP contribution in [-0.4, -0.2) is 134 Å². The van der Waals surface area contributed by atoms with Gasteiger partial charge < -0.3 is 68.9 Å². The molecule has 0 fully saturated rings. The van der Waals surface area contributed by atoms with Crippen LogP contribution in [0.3, 0.4) is 0 Å². The number of nitrogens with zero attached hydrogens (tertiary/aromatic N) is 3. The number of nitrogens with one attached hydrogen (secondary N) is 3. The molecule has 10 N–H and O–H groups in total. The molecule has 12 aromatic rings. The summed E-state index contributed by atoms with van der Waals surface area (Å²) in [5.74, 6) is -9.73. The summed E-state index contributed by atoms with van der Waals surface area (Å²) in [4.78, 5) is 88.6. The zero-order valence-corrected chi connectivity index (χ0v) is 70.6. The van der Waals surface area contributed by atoms with Gasteiger partial charge in [0.1, 0.15) is 120 Å². The second-order valence-electron chi connectivity index (χ2n) is 23.9. The fourth-order valence-electron chi connectivity index (χ4n) is 11.3. The van der Waals surface area contributed by atoms with Crippen LogP contribution >= 0.6 is 116 Å². The number of hydrogen-bond acceptors (Lipinski definition) is 21. The zero-order chi connectivity index (χ0) is 86.2. The topological polar surface area (TPSA) is 421 Å². The standard InChI is InChI=1S/C24H13Cl4F3N2O7S.C24H12Cl3F3N2O7S.C22H11Cl3N2O6.CH3F.K.H2O/c1-9-2-4-12(15(34)6-9)21(37)18-19(17(26)22(27)32-18)33-14(8-13(25)23(33)28)20(36)11-5-3-10(7-16(11)35)40-41(38,39)24(29,30)31;1-9-2-4-12-16(6-9)38-23-13(25)8-14(32(23)19-17(26)22(27)31-18(19)21(12)35)20(34)11-5-3-10(7-15(11)33)39-40(36,37)24(28,29)30;23-12-7-13(19(31)10-3-1-8(28)5-14(10)30)27-18-16(24)21(25)26-17(18)20(32)11-4-2-9(29)6-15(11)33-22(12)27;1-2;;/h2-8,32,34-35H,1H3;2-8,31,33H,1H3;1-7,26,28-30H;1H3;;1H2/q;;;;+1;/p-1/i;;;1D;;. The van der Waals surface area contributed by atoms with Gasteiger partial charge in [-0.1, -0.05) is 128 Å². The number of carbonyl (C=O) groups is 6. The number of rotatable bonds is 13. The molecule has 0 aliphatic carbocycles. The summed E-state index contributed by atoms with van der Waals surface area (Å²) in [6.45, 7) is 3.44. The summed E-state index contributed by atoms with van der Waals surface area (Å²) in [6, 6.07) is 23.9. The van der Waals surface area contributed by atoms with Crippen LogP contribution in [0.2, 0.25) is 50.7 Å². The molecule has 0 radical (unpaired) electrons. The van der Waals surface area contributed by atoms with E-state index in [1.807, 2.05) is 0 Å². The van der Waals surface area contributed by atoms with E-state index >= 15 is 0 Å². The number of aromatic nitrogens is 6. The van der Waals surface area contributed by atoms with Gasteiger partial charge in [0.2, 0.25) is 46.5 Å². The Kier molecular flexibility index (Phi) is 27.3. The molecular weight excluding hydrogens is 1860 g/mol. The number of H-pyrrole nitrogens is 3. The molecule has 0 spiro atoms. The molecule has 6 aromatic carbocycles. The van der Waals surface area contributed by atoms with Crippen molar-refractivity contribution in [3.05, 3.63) is 257 Å². The van der Waals surface area contributed by atoms with E-state index in [0.717, 1.165) is 51.1 Å². The molecule has 0 unspecified atom stereocenters. The predicted octanol–water partition coefficient (Wildman–Crippen LogP) is 16.3. The summed E-state index contributed by atoms with van der Waals surface area (Å²) in [5, 5.41) is 59.2. The number of ether oxygens (including phenoxy) is 2. The van der Waals surface area contributed by atoms with Gasteiger partial charge in [0.15, 0.2) is 0 Å². The first-order valence-corrected chi connectivity index (χ1v) is 37.8. The van der Waals surface area contributed by atoms with Gasteiger partial charge >= 0.3 is 82.6 Å². The fourth-order valence-corrected chi connectivity index (χ4v) is 14.3. The van der Waals surface area contributed by atoms with E-state index in [1.165, 1.54) is 59.2 Å². The van der Waals surface area contributed by atoms with E-state index in [-0.39, 0.29) is 216 Å². The SMILES string of the molecule is Cc1ccc(C(=O)c2[nH]c(Cl)c(Cl)c2-n2c(C(=O)c3ccc(OS(=O)(=O)C(F)(F)F)cc3O)cc(Cl)c2Cl)c(O)c1.Cc1ccc2c(c1)Oc1c(Cl)cc(C(=O)c3ccc(OS(=O)(=O)C(F)(F)F)cc3O)n1-c1c([nH]c(Cl)c1Cl)C2=O.O=C1c2ccc(O)cc2Oc2c(Cl)cc(C(=O)c3ccc(O)cc3O)n2-c2c1[nH]c(Cl)c2Cl.[2H]CF.[K+].[OH-]. The minimum absolute atomic E-state index is 0. The van der Waals surface area contributed by atoms with Crippen LogP contribution in [-0.2, 0) is 20.2 Å². The molecule has 612 valence electrons. The Labute approximate surface area is 750 Å². The van der Waals surface area contributed by atoms with Crippen molar-refractivity contribution in [1.29, 1.82) is 0 Å². The number of aryl methyl sites for hydroxylation is 2. The second-order valence-corrected chi connectivity index (χ2v) is 30.8. The number of carbonyl (C=O) groups excluding carboxylic acids is 6. The number of phenolic OH excluding ortho intramolecular Hbond substituents is 6. The Bertz CT molecular complexity index is 6470. The van der Waals surface area contributed by atoms with Crippen LogP contribution in [0, 0.1) is 13.8 Å². The van der Waals surface area contributed by atoms with Crippen molar-refractivity contribution < 1.29 is 183 Å². The molecule has 27 nitrogen and oxygen atoms in total. The van der Waals surface area contributed by atoms with E-state index in [1.54, 1.807) is 32.0 Å². The van der Waals surface area contributed by atoms with Crippen molar-refractivity contribution in [3.8, 4) is 86.3 Å². The molecule has 0 atom stereocenters. The van der Waals surface area contributed by atoms with Gasteiger partial charge in [-0.3, -0.25) is 46.9 Å². The molecule has 0 bridgehead atoms. The predicted molar refractivity (Wildman–Crippen MR) is 409 cm³/mol. The average molecular weight is 1900 g/mol. The fraction of sp³-hybridized carbons (Fsp3) is 0.0704. The van der Waals surface area contributed by atoms with Crippen molar-refractivity contribution in [3.63, 3.8) is 0 Å². The summed E-state index contributed by atoms with van der Waals surface area (Å²) < 4.78 is 160. The molecule has 0 saturated carbocycles. The number of aromatic hydroxyl groups is 6. The normalized spacial score (nSPS) is 12.2. The van der Waals surface area contributed by atoms with E-state index < -0.39 is 119 Å². The van der Waals surface area contributed by atoms with Crippen molar-refractivity contribution in [2.24, 2.45) is 0 Å². The van der Waals surface area contributed by atoms with Gasteiger partial charge in [-0.25, -0.2) is 0 Å². The Morgan fingerprint density at radius 2 is 0.788 bits per heavy atom. The van der Waals surface area contributed by atoms with Crippen molar-refractivity contribution in [2.75, 3.05) is 7.15 Å². The van der Waals surface area contributed by atoms with E-state index in [0.29, 0.717) is 23.8 Å². The van der Waals surface area contributed by atoms with E-state index in [9.17, 15) is 107 Å². The van der Waals surface area contributed by atoms with Crippen LogP contribution in [0.5, 0.6) is 69.3 Å². The first kappa shape index (κ1) is 91.2. The van der Waals surface area contributed by atoms with Crippen LogP contribution in [0.4, 0.5) is 30.7 Å². The number of halogens is 17. The molecule has 0 saturated heterocycles. The van der Waals surface area contributed by atoms with Gasteiger partial charge in [-0.2, -0.15) is 43.2 Å². The molecule has 14 rings (SSSR count). The summed E-state index contributed by atoms with van der Waals surface area (Å²) in [7, 11) is -13.1. The monoisotopic (exact) mass is 1900 g/mol. The Morgan fingerprint density at radius 1 is 0.449 bits per heavy atom. The quantitative estimate of drug-likeness (QED) is 0.0170. The number of alkyl halides is 7. The summed E-state index contributed by atoms with van der Waals surface area (Å²) >= 11 is 63.2. The second kappa shape index (κ2) is 35.3. The summed E-state index contributed by atoms with van der Waals surface area (Å²) in [6.07, 6.45) is 0. The maximum atomic E-state index is 13.6. The minimum Gasteiger partial charge on any atom is -0.870 e. The van der Waals surface area contributed by atoms with Gasteiger partial charge in [0.25, 0.3) is 0 Å². The minimum atomic E-state index is -6.06. The van der Waals surface area contributed by atoms with Gasteiger partial charge in [-0.05, 0) is 116 Å². The van der Waals surface area contributed by atoms with E-state index in [4.69, 9.17) is 127 Å². The van der Waals surface area contributed by atoms with Crippen LogP contribution in [0.15, 0.2) is 127 Å². The van der Waals surface area contributed by atoms with Gasteiger partial charge in [0.05, 0.1) is 81.1 Å². The average Bonchev–Trinajstić information content (AvgIpc) is 1.60. The molecular formula is C71H40Cl10F7KN6O21S2. The first-order chi connectivity index (χ1) is 54.6. The first-order valence-electron chi connectivity index (χ1n) is 31.9. The molecule has 2 aliphatic heterocycles. The maximum absolute atomic E-state index is 13.6. The Balaban J connectivity index is 0.000000199. The number of benzene rings is 6. The van der Waals surface area contributed by atoms with Crippen molar-refractivity contribution >= 4 is 171 Å². The van der Waals surface area contributed by atoms with Crippen molar-refractivity contribution in [2.45, 2.75) is 24.9 Å². The third kappa shape index (κ3) is 17.6. The largest absolute Gasteiger partial charge is 1.00 e. The number of hydrogen-bond donors (Lipinski definition) is 9. The van der Waals surface area contributed by atoms with E-state index in [2.05, 4.69) is 23.3 Å². The third-order valence-corrected chi connectivity index (χ3v) is 21.9. The molecule has 118 heavy (non-hydrogen) atoms. The molecule has 6 aromatic heterocycles. The smallest absolute Gasteiger partial charge is 0.870 e. The van der Waals surface area contributed by atoms with Crippen LogP contribution in [0.1, 0.15) is 109 Å². The third-order valence-electron chi connectivity index (χ3n) is 16.4. The maximum Gasteiger partial charge on any atom is 1.00 e. The van der Waals surface area contributed by atoms with Crippen molar-refractivity contribution in [1.82, 2.24) is 28.7 Å². The van der Waals surface area contributed by atoms with Crippen LogP contribution < -0.4 is 69.2 Å². The summed E-state index contributed by atoms with van der Waals surface area (Å²) in [5.41, 5.74) is -12.8. The Morgan fingerprint density at radius 3 is 1.22 bits per heavy atom. The number of aromatic amines is 3. The number of fused-ring (bicyclic) bond motifs is 8. The van der Waals surface area contributed by atoms with Gasteiger partial charge in [0, 0.05) is 24.3 Å². The van der Waals surface area contributed by atoms with Gasteiger partial charge in [-0.15, -0.1) is 0 Å². The molecule has 0 amide bonds. The Hall–Kier alpha value is -9.07. The zero-order valence-electron chi connectivity index (χ0n) is 59.3. The molecule has 47 heteroatoms. The van der Waals surface area contributed by atoms with Crippen LogP contribution in [0.25, 0.3) is 17.1 Å². The molecule has 2 aliphatic rings. The number of phenols is 6.